The lowest BCUT2D eigenvalue weighted by atomic mass is 9.98. The van der Waals surface area contributed by atoms with Gasteiger partial charge >= 0.3 is 6.18 Å². The van der Waals surface area contributed by atoms with Crippen LogP contribution >= 0.6 is 0 Å². The molecule has 202 valence electrons. The van der Waals surface area contributed by atoms with Crippen molar-refractivity contribution in [1.82, 2.24) is 9.80 Å². The van der Waals surface area contributed by atoms with Crippen LogP contribution in [-0.2, 0) is 17.5 Å². The summed E-state index contributed by atoms with van der Waals surface area (Å²) in [4.78, 5) is 17.4. The van der Waals surface area contributed by atoms with Gasteiger partial charge in [-0.15, -0.1) is 0 Å². The van der Waals surface area contributed by atoms with Crippen molar-refractivity contribution in [2.24, 2.45) is 0 Å². The Balaban J connectivity index is 1.37. The van der Waals surface area contributed by atoms with E-state index in [2.05, 4.69) is 17.0 Å². The van der Waals surface area contributed by atoms with Crippen molar-refractivity contribution >= 4 is 5.91 Å². The number of carbonyl (C=O) groups is 1. The van der Waals surface area contributed by atoms with Crippen molar-refractivity contribution < 1.29 is 22.7 Å². The van der Waals surface area contributed by atoms with Gasteiger partial charge in [0.25, 0.3) is 0 Å². The first kappa shape index (κ1) is 27.7. The molecular weight excluding hydrogens is 489 g/mol. The number of carbonyl (C=O) groups excluding carboxylic acids is 1. The Hall–Kier alpha value is -3.32. The van der Waals surface area contributed by atoms with Crippen LogP contribution in [0.2, 0.25) is 0 Å². The van der Waals surface area contributed by atoms with Crippen LogP contribution in [0.5, 0.6) is 5.75 Å². The summed E-state index contributed by atoms with van der Waals surface area (Å²) in [6, 6.07) is 22.5. The molecule has 7 heteroatoms. The van der Waals surface area contributed by atoms with Crippen LogP contribution in [0.25, 0.3) is 0 Å². The maximum Gasteiger partial charge on any atom is 0.416 e. The lowest BCUT2D eigenvalue weighted by Crippen LogP contribution is -2.32. The number of benzene rings is 3. The second-order valence-corrected chi connectivity index (χ2v) is 10.0. The number of likely N-dealkylation sites (N-methyl/N-ethyl adjacent to an activating group) is 1. The number of amides is 1. The number of rotatable bonds is 10. The van der Waals surface area contributed by atoms with Gasteiger partial charge in [-0.1, -0.05) is 54.6 Å². The predicted molar refractivity (Wildman–Crippen MR) is 143 cm³/mol. The maximum atomic E-state index is 13.2. The van der Waals surface area contributed by atoms with Gasteiger partial charge in [-0.25, -0.2) is 0 Å². The van der Waals surface area contributed by atoms with E-state index in [9.17, 15) is 18.0 Å². The molecule has 1 saturated heterocycles. The van der Waals surface area contributed by atoms with Crippen molar-refractivity contribution in [2.45, 2.75) is 50.9 Å². The van der Waals surface area contributed by atoms with Gasteiger partial charge in [0.15, 0.2) is 0 Å². The highest BCUT2D eigenvalue weighted by molar-refractivity contribution is 5.83. The summed E-state index contributed by atoms with van der Waals surface area (Å²) >= 11 is 0. The van der Waals surface area contributed by atoms with Gasteiger partial charge in [0.1, 0.15) is 11.9 Å². The zero-order valence-electron chi connectivity index (χ0n) is 22.0. The molecular formula is C31H35F3N2O2. The topological polar surface area (TPSA) is 32.8 Å². The largest absolute Gasteiger partial charge is 0.486 e. The summed E-state index contributed by atoms with van der Waals surface area (Å²) in [7, 11) is 1.78. The van der Waals surface area contributed by atoms with Gasteiger partial charge in [-0.05, 0) is 73.8 Å². The maximum absolute atomic E-state index is 13.2. The Morgan fingerprint density at radius 2 is 1.55 bits per heavy atom. The molecule has 1 fully saturated rings. The van der Waals surface area contributed by atoms with Crippen molar-refractivity contribution in [3.05, 3.63) is 101 Å². The quantitative estimate of drug-likeness (QED) is 0.284. The molecule has 0 aromatic heterocycles. The Kier molecular flexibility index (Phi) is 9.10. The highest BCUT2D eigenvalue weighted by atomic mass is 19.4. The molecule has 3 aromatic carbocycles. The first-order chi connectivity index (χ1) is 18.2. The molecule has 3 aromatic rings. The van der Waals surface area contributed by atoms with Crippen molar-refractivity contribution in [1.29, 1.82) is 0 Å². The summed E-state index contributed by atoms with van der Waals surface area (Å²) in [5, 5.41) is 0. The molecule has 0 saturated carbocycles. The van der Waals surface area contributed by atoms with E-state index in [4.69, 9.17) is 4.74 Å². The van der Waals surface area contributed by atoms with Gasteiger partial charge in [0.05, 0.1) is 11.5 Å². The number of hydrogen-bond acceptors (Lipinski definition) is 3. The van der Waals surface area contributed by atoms with E-state index in [-0.39, 0.29) is 11.8 Å². The van der Waals surface area contributed by atoms with Crippen molar-refractivity contribution in [2.75, 3.05) is 26.7 Å². The predicted octanol–water partition coefficient (Wildman–Crippen LogP) is 7.07. The minimum Gasteiger partial charge on any atom is -0.486 e. The third-order valence-electron chi connectivity index (χ3n) is 7.19. The standard InChI is InChI=1S/C31H35F3N2O2/c1-23(25-12-10-24(11-13-25)22-36-19-6-7-20-36)30(37)35(2)21-18-29(26-8-4-3-5-9-26)38-28-16-14-27(15-17-28)31(32,33)34/h3-5,8-17,23,29H,6-7,18-22H2,1-2H3/t23?,29-/m1/s1. The van der Waals surface area contributed by atoms with Crippen LogP contribution in [0.4, 0.5) is 13.2 Å². The normalized spacial score (nSPS) is 15.7. The second kappa shape index (κ2) is 12.5. The summed E-state index contributed by atoms with van der Waals surface area (Å²) in [6.07, 6.45) is -1.80. The van der Waals surface area contributed by atoms with Crippen LogP contribution in [0.3, 0.4) is 0 Å². The van der Waals surface area contributed by atoms with E-state index in [1.807, 2.05) is 49.4 Å². The SMILES string of the molecule is CC(C(=O)N(C)CC[C@@H](Oc1ccc(C(F)(F)F)cc1)c1ccccc1)c1ccc(CN2CCCC2)cc1. The highest BCUT2D eigenvalue weighted by Crippen LogP contribution is 2.32. The fraction of sp³-hybridized carbons (Fsp3) is 0.387. The summed E-state index contributed by atoms with van der Waals surface area (Å²) in [6.45, 7) is 5.60. The van der Waals surface area contributed by atoms with Gasteiger partial charge in [0, 0.05) is 26.6 Å². The van der Waals surface area contributed by atoms with Crippen molar-refractivity contribution in [3.63, 3.8) is 0 Å². The molecule has 0 N–H and O–H groups in total. The number of ether oxygens (including phenoxy) is 1. The van der Waals surface area contributed by atoms with Gasteiger partial charge in [-0.2, -0.15) is 13.2 Å². The average molecular weight is 525 g/mol. The molecule has 1 amide bonds. The number of halogens is 3. The molecule has 4 nitrogen and oxygen atoms in total. The van der Waals surface area contributed by atoms with E-state index in [1.165, 1.54) is 30.5 Å². The Labute approximate surface area is 223 Å². The number of hydrogen-bond donors (Lipinski definition) is 0. The third-order valence-corrected chi connectivity index (χ3v) is 7.19. The van der Waals surface area contributed by atoms with E-state index in [0.29, 0.717) is 18.7 Å². The van der Waals surface area contributed by atoms with Gasteiger partial charge in [0.2, 0.25) is 5.91 Å². The van der Waals surface area contributed by atoms with E-state index < -0.39 is 17.8 Å². The molecule has 2 atom stereocenters. The Morgan fingerprint density at radius 1 is 0.921 bits per heavy atom. The summed E-state index contributed by atoms with van der Waals surface area (Å²) in [5.74, 6) is 0.0775. The third kappa shape index (κ3) is 7.38. The van der Waals surface area contributed by atoms with Crippen LogP contribution in [-0.4, -0.2) is 42.4 Å². The fourth-order valence-corrected chi connectivity index (χ4v) is 4.85. The molecule has 38 heavy (non-hydrogen) atoms. The number of alkyl halides is 3. The van der Waals surface area contributed by atoms with Crippen LogP contribution in [0.1, 0.15) is 60.5 Å². The van der Waals surface area contributed by atoms with Gasteiger partial charge < -0.3 is 9.64 Å². The zero-order chi connectivity index (χ0) is 27.1. The number of likely N-dealkylation sites (tertiary alicyclic amines) is 1. The molecule has 0 bridgehead atoms. The van der Waals surface area contributed by atoms with E-state index in [0.717, 1.165) is 42.9 Å². The molecule has 1 heterocycles. The van der Waals surface area contributed by atoms with E-state index >= 15 is 0 Å². The smallest absolute Gasteiger partial charge is 0.416 e. The summed E-state index contributed by atoms with van der Waals surface area (Å²) < 4.78 is 44.9. The van der Waals surface area contributed by atoms with Crippen molar-refractivity contribution in [3.8, 4) is 5.75 Å². The Morgan fingerprint density at radius 3 is 2.16 bits per heavy atom. The minimum atomic E-state index is -4.40. The first-order valence-electron chi connectivity index (χ1n) is 13.2. The van der Waals surface area contributed by atoms with Gasteiger partial charge in [-0.3, -0.25) is 9.69 Å². The lowest BCUT2D eigenvalue weighted by Gasteiger charge is -2.25. The zero-order valence-corrected chi connectivity index (χ0v) is 22.0. The Bertz CT molecular complexity index is 1160. The van der Waals surface area contributed by atoms with Crippen LogP contribution in [0, 0.1) is 0 Å². The average Bonchev–Trinajstić information content (AvgIpc) is 3.44. The fourth-order valence-electron chi connectivity index (χ4n) is 4.85. The molecule has 4 rings (SSSR count). The minimum absolute atomic E-state index is 0.0126. The molecule has 0 radical (unpaired) electrons. The lowest BCUT2D eigenvalue weighted by molar-refractivity contribution is -0.137. The summed E-state index contributed by atoms with van der Waals surface area (Å²) in [5.41, 5.74) is 2.42. The van der Waals surface area contributed by atoms with E-state index in [1.54, 1.807) is 11.9 Å². The first-order valence-corrected chi connectivity index (χ1v) is 13.2. The van der Waals surface area contributed by atoms with Crippen LogP contribution < -0.4 is 4.74 Å². The molecule has 1 unspecified atom stereocenters. The second-order valence-electron chi connectivity index (χ2n) is 10.0. The van der Waals surface area contributed by atoms with Crippen LogP contribution in [0.15, 0.2) is 78.9 Å². The molecule has 0 aliphatic carbocycles. The molecule has 0 spiro atoms. The number of nitrogens with zero attached hydrogens (tertiary/aromatic N) is 2. The highest BCUT2D eigenvalue weighted by Gasteiger charge is 2.30. The monoisotopic (exact) mass is 524 g/mol. The molecule has 1 aliphatic rings. The molecule has 1 aliphatic heterocycles.